The molecule has 4 heteroatoms. The minimum absolute atomic E-state index is 0.153. The van der Waals surface area contributed by atoms with Crippen LogP contribution in [0.3, 0.4) is 0 Å². The van der Waals surface area contributed by atoms with Crippen LogP contribution >= 0.6 is 0 Å². The Morgan fingerprint density at radius 2 is 2.10 bits per heavy atom. The molecule has 0 bridgehead atoms. The van der Waals surface area contributed by atoms with Gasteiger partial charge in [-0.15, -0.1) is 0 Å². The van der Waals surface area contributed by atoms with E-state index in [-0.39, 0.29) is 11.9 Å². The maximum absolute atomic E-state index is 13.8. The fourth-order valence-electron chi connectivity index (χ4n) is 2.92. The highest BCUT2D eigenvalue weighted by molar-refractivity contribution is 5.57. The van der Waals surface area contributed by atoms with Gasteiger partial charge in [-0.1, -0.05) is 0 Å². The van der Waals surface area contributed by atoms with Gasteiger partial charge in [-0.25, -0.2) is 4.39 Å². The Kier molecular flexibility index (Phi) is 4.66. The highest BCUT2D eigenvalue weighted by Crippen LogP contribution is 2.31. The van der Waals surface area contributed by atoms with Crippen LogP contribution in [0.2, 0.25) is 0 Å². The first-order valence-electron chi connectivity index (χ1n) is 7.37. The topological polar surface area (TPSA) is 32.5 Å². The molecule has 1 aromatic carbocycles. The van der Waals surface area contributed by atoms with Gasteiger partial charge in [0.05, 0.1) is 0 Å². The summed E-state index contributed by atoms with van der Waals surface area (Å²) in [5, 5.41) is 0. The Morgan fingerprint density at radius 1 is 1.40 bits per heavy atom. The van der Waals surface area contributed by atoms with Crippen molar-refractivity contribution in [1.82, 2.24) is 4.90 Å². The SMILES string of the molecule is Cc1cc(N2CCCC(N(C)C)C2)c(C(C)N)cc1F. The van der Waals surface area contributed by atoms with Gasteiger partial charge in [0.1, 0.15) is 5.82 Å². The van der Waals surface area contributed by atoms with E-state index in [1.54, 1.807) is 6.07 Å². The first kappa shape index (κ1) is 15.3. The van der Waals surface area contributed by atoms with E-state index in [9.17, 15) is 4.39 Å². The van der Waals surface area contributed by atoms with Crippen LogP contribution in [-0.2, 0) is 0 Å². The lowest BCUT2D eigenvalue weighted by atomic mass is 9.99. The van der Waals surface area contributed by atoms with Crippen molar-refractivity contribution in [3.8, 4) is 0 Å². The van der Waals surface area contributed by atoms with Crippen molar-refractivity contribution in [3.05, 3.63) is 29.1 Å². The minimum atomic E-state index is -0.165. The standard InChI is InChI=1S/C16H26FN3/c1-11-8-16(14(12(2)18)9-15(11)17)20-7-5-6-13(10-20)19(3)4/h8-9,12-13H,5-7,10,18H2,1-4H3. The number of nitrogens with two attached hydrogens (primary N) is 1. The molecule has 0 aliphatic carbocycles. The van der Waals surface area contributed by atoms with Crippen LogP contribution in [-0.4, -0.2) is 38.1 Å². The van der Waals surface area contributed by atoms with Crippen molar-refractivity contribution < 1.29 is 4.39 Å². The molecule has 1 aliphatic heterocycles. The molecule has 0 amide bonds. The van der Waals surface area contributed by atoms with Crippen LogP contribution in [0.15, 0.2) is 12.1 Å². The molecule has 2 rings (SSSR count). The van der Waals surface area contributed by atoms with Crippen molar-refractivity contribution in [3.63, 3.8) is 0 Å². The third kappa shape index (κ3) is 3.13. The number of rotatable bonds is 3. The van der Waals surface area contributed by atoms with Gasteiger partial charge >= 0.3 is 0 Å². The summed E-state index contributed by atoms with van der Waals surface area (Å²) in [5.74, 6) is -0.165. The maximum atomic E-state index is 13.8. The lowest BCUT2D eigenvalue weighted by Crippen LogP contribution is -2.45. The number of halogens is 1. The van der Waals surface area contributed by atoms with Crippen LogP contribution < -0.4 is 10.6 Å². The molecule has 3 nitrogen and oxygen atoms in total. The smallest absolute Gasteiger partial charge is 0.126 e. The van der Waals surface area contributed by atoms with E-state index in [0.717, 1.165) is 30.8 Å². The lowest BCUT2D eigenvalue weighted by Gasteiger charge is -2.39. The second-order valence-corrected chi connectivity index (χ2v) is 6.15. The van der Waals surface area contributed by atoms with Crippen molar-refractivity contribution >= 4 is 5.69 Å². The molecular formula is C16H26FN3. The van der Waals surface area contributed by atoms with Gasteiger partial charge in [-0.3, -0.25) is 0 Å². The van der Waals surface area contributed by atoms with Crippen LogP contribution in [0.5, 0.6) is 0 Å². The summed E-state index contributed by atoms with van der Waals surface area (Å²) in [4.78, 5) is 4.63. The second kappa shape index (κ2) is 6.10. The number of hydrogen-bond donors (Lipinski definition) is 1. The van der Waals surface area contributed by atoms with E-state index in [4.69, 9.17) is 5.73 Å². The monoisotopic (exact) mass is 279 g/mol. The molecule has 1 saturated heterocycles. The van der Waals surface area contributed by atoms with Crippen molar-refractivity contribution in [2.75, 3.05) is 32.1 Å². The molecule has 2 N–H and O–H groups in total. The number of aryl methyl sites for hydroxylation is 1. The van der Waals surface area contributed by atoms with Crippen molar-refractivity contribution in [2.45, 2.75) is 38.8 Å². The van der Waals surface area contributed by atoms with Gasteiger partial charge in [0, 0.05) is 30.9 Å². The number of likely N-dealkylation sites (N-methyl/N-ethyl adjacent to an activating group) is 1. The van der Waals surface area contributed by atoms with E-state index in [1.165, 1.54) is 6.42 Å². The number of anilines is 1. The number of benzene rings is 1. The number of piperidine rings is 1. The third-order valence-electron chi connectivity index (χ3n) is 4.27. The Hall–Kier alpha value is -1.13. The van der Waals surface area contributed by atoms with Gasteiger partial charge < -0.3 is 15.5 Å². The summed E-state index contributed by atoms with van der Waals surface area (Å²) in [6, 6.07) is 3.95. The molecule has 1 fully saturated rings. The Balaban J connectivity index is 2.33. The fraction of sp³-hybridized carbons (Fsp3) is 0.625. The van der Waals surface area contributed by atoms with E-state index < -0.39 is 0 Å². The Labute approximate surface area is 121 Å². The highest BCUT2D eigenvalue weighted by Gasteiger charge is 2.24. The molecular weight excluding hydrogens is 253 g/mol. The minimum Gasteiger partial charge on any atom is -0.370 e. The Bertz CT molecular complexity index is 471. The van der Waals surface area contributed by atoms with Crippen LogP contribution in [0.4, 0.5) is 10.1 Å². The zero-order chi connectivity index (χ0) is 14.9. The van der Waals surface area contributed by atoms with E-state index >= 15 is 0 Å². The van der Waals surface area contributed by atoms with E-state index in [0.29, 0.717) is 11.6 Å². The zero-order valence-electron chi connectivity index (χ0n) is 13.0. The quantitative estimate of drug-likeness (QED) is 0.923. The molecule has 0 aromatic heterocycles. The second-order valence-electron chi connectivity index (χ2n) is 6.15. The molecule has 1 aromatic rings. The molecule has 0 saturated carbocycles. The lowest BCUT2D eigenvalue weighted by molar-refractivity contribution is 0.258. The molecule has 1 heterocycles. The molecule has 20 heavy (non-hydrogen) atoms. The van der Waals surface area contributed by atoms with E-state index in [1.807, 2.05) is 19.9 Å². The fourth-order valence-corrected chi connectivity index (χ4v) is 2.92. The number of nitrogens with zero attached hydrogens (tertiary/aromatic N) is 2. The van der Waals surface area contributed by atoms with Crippen LogP contribution in [0.25, 0.3) is 0 Å². The predicted molar refractivity (Wildman–Crippen MR) is 82.7 cm³/mol. The number of hydrogen-bond acceptors (Lipinski definition) is 3. The van der Waals surface area contributed by atoms with Crippen LogP contribution in [0, 0.1) is 12.7 Å². The van der Waals surface area contributed by atoms with Gasteiger partial charge in [0.25, 0.3) is 0 Å². The average molecular weight is 279 g/mol. The first-order chi connectivity index (χ1) is 9.40. The third-order valence-corrected chi connectivity index (χ3v) is 4.27. The molecule has 112 valence electrons. The summed E-state index contributed by atoms with van der Waals surface area (Å²) in [6.45, 7) is 5.74. The summed E-state index contributed by atoms with van der Waals surface area (Å²) in [5.41, 5.74) is 8.73. The predicted octanol–water partition coefficient (Wildman–Crippen LogP) is 2.68. The zero-order valence-corrected chi connectivity index (χ0v) is 13.0. The maximum Gasteiger partial charge on any atom is 0.126 e. The normalized spacial score (nSPS) is 21.4. The molecule has 1 aliphatic rings. The molecule has 0 spiro atoms. The van der Waals surface area contributed by atoms with Gasteiger partial charge in [-0.2, -0.15) is 0 Å². The summed E-state index contributed by atoms with van der Waals surface area (Å²) in [6.07, 6.45) is 2.38. The average Bonchev–Trinajstić information content (AvgIpc) is 2.41. The highest BCUT2D eigenvalue weighted by atomic mass is 19.1. The summed E-state index contributed by atoms with van der Waals surface area (Å²) in [7, 11) is 4.24. The Morgan fingerprint density at radius 3 is 2.70 bits per heavy atom. The molecule has 2 atom stereocenters. The van der Waals surface area contributed by atoms with Gasteiger partial charge in [-0.05, 0) is 64.0 Å². The summed E-state index contributed by atoms with van der Waals surface area (Å²) >= 11 is 0. The van der Waals surface area contributed by atoms with Gasteiger partial charge in [0.15, 0.2) is 0 Å². The first-order valence-corrected chi connectivity index (χ1v) is 7.37. The molecule has 0 radical (unpaired) electrons. The van der Waals surface area contributed by atoms with Crippen molar-refractivity contribution in [1.29, 1.82) is 0 Å². The van der Waals surface area contributed by atoms with Crippen molar-refractivity contribution in [2.24, 2.45) is 5.73 Å². The largest absolute Gasteiger partial charge is 0.370 e. The van der Waals surface area contributed by atoms with E-state index in [2.05, 4.69) is 23.9 Å². The summed E-state index contributed by atoms with van der Waals surface area (Å²) < 4.78 is 13.8. The van der Waals surface area contributed by atoms with Crippen LogP contribution in [0.1, 0.15) is 36.9 Å². The molecule has 2 unspecified atom stereocenters. The van der Waals surface area contributed by atoms with Gasteiger partial charge in [0.2, 0.25) is 0 Å².